The van der Waals surface area contributed by atoms with Gasteiger partial charge in [0.2, 0.25) is 0 Å². The molecule has 1 aromatic carbocycles. The van der Waals surface area contributed by atoms with Gasteiger partial charge in [0.05, 0.1) is 17.7 Å². The maximum atomic E-state index is 12.1. The van der Waals surface area contributed by atoms with Crippen molar-refractivity contribution in [1.82, 2.24) is 14.4 Å². The van der Waals surface area contributed by atoms with Gasteiger partial charge in [0.1, 0.15) is 0 Å². The van der Waals surface area contributed by atoms with Gasteiger partial charge in [-0.25, -0.2) is 4.79 Å². The second kappa shape index (κ2) is 8.80. The molecule has 0 saturated carbocycles. The first-order valence-electron chi connectivity index (χ1n) is 10.8. The van der Waals surface area contributed by atoms with Gasteiger partial charge in [-0.05, 0) is 70.8 Å². The molecule has 0 amide bonds. The number of nitrogens with zero attached hydrogens (tertiary/aromatic N) is 3. The fraction of sp³-hybridized carbons (Fsp3) is 0.682. The highest BCUT2D eigenvalue weighted by Gasteiger charge is 2.26. The highest BCUT2D eigenvalue weighted by molar-refractivity contribution is 5.72. The average molecular weight is 388 g/mol. The number of benzene rings is 1. The van der Waals surface area contributed by atoms with Crippen molar-refractivity contribution in [1.29, 1.82) is 0 Å². The zero-order valence-corrected chi connectivity index (χ0v) is 17.2. The number of piperidine rings is 1. The van der Waals surface area contributed by atoms with E-state index in [2.05, 4.69) is 23.6 Å². The Bertz CT molecular complexity index is 812. The molecule has 0 bridgehead atoms. The molecular formula is C22H33N3O3. The van der Waals surface area contributed by atoms with Crippen LogP contribution < -0.4 is 5.76 Å². The number of aryl methyl sites for hydroxylation is 1. The molecule has 6 nitrogen and oxygen atoms in total. The van der Waals surface area contributed by atoms with Crippen molar-refractivity contribution in [2.45, 2.75) is 51.9 Å². The average Bonchev–Trinajstić information content (AvgIpc) is 2.98. The Hall–Kier alpha value is -1.63. The normalized spacial score (nSPS) is 25.5. The quantitative estimate of drug-likeness (QED) is 0.763. The first kappa shape index (κ1) is 19.7. The third kappa shape index (κ3) is 4.67. The number of rotatable bonds is 6. The maximum absolute atomic E-state index is 12.1. The Morgan fingerprint density at radius 1 is 1.00 bits per heavy atom. The van der Waals surface area contributed by atoms with E-state index in [1.807, 2.05) is 24.3 Å². The fourth-order valence-electron chi connectivity index (χ4n) is 4.87. The van der Waals surface area contributed by atoms with E-state index in [-0.39, 0.29) is 5.76 Å². The number of oxazole rings is 1. The lowest BCUT2D eigenvalue weighted by Crippen LogP contribution is -2.48. The largest absolute Gasteiger partial charge is 0.419 e. The Balaban J connectivity index is 1.21. The standard InChI is InChI=1S/C22H33N3O3/c1-17-14-24(15-18(2)27-17)16-19-8-12-23(13-9-19)10-5-11-25-20-6-3-4-7-21(20)28-22(25)26/h3-4,6-7,17-19H,5,8-16H2,1-2H3/t17-,18-/m0/s1. The van der Waals surface area contributed by atoms with E-state index in [0.717, 1.165) is 44.0 Å². The van der Waals surface area contributed by atoms with Crippen LogP contribution in [0, 0.1) is 5.92 Å². The summed E-state index contributed by atoms with van der Waals surface area (Å²) in [6, 6.07) is 7.67. The lowest BCUT2D eigenvalue weighted by atomic mass is 9.95. The summed E-state index contributed by atoms with van der Waals surface area (Å²) in [6.45, 7) is 11.8. The zero-order valence-electron chi connectivity index (χ0n) is 17.2. The van der Waals surface area contributed by atoms with Gasteiger partial charge in [-0.15, -0.1) is 0 Å². The van der Waals surface area contributed by atoms with Crippen molar-refractivity contribution >= 4 is 11.1 Å². The number of fused-ring (bicyclic) bond motifs is 1. The monoisotopic (exact) mass is 387 g/mol. The molecule has 2 aromatic rings. The summed E-state index contributed by atoms with van der Waals surface area (Å²) < 4.78 is 12.9. The number of ether oxygens (including phenoxy) is 1. The summed E-state index contributed by atoms with van der Waals surface area (Å²) in [5.74, 6) is 0.558. The Labute approximate surface area is 167 Å². The van der Waals surface area contributed by atoms with E-state index in [4.69, 9.17) is 9.15 Å². The van der Waals surface area contributed by atoms with E-state index in [0.29, 0.717) is 17.8 Å². The van der Waals surface area contributed by atoms with Gasteiger partial charge in [-0.2, -0.15) is 0 Å². The number of likely N-dealkylation sites (tertiary alicyclic amines) is 1. The van der Waals surface area contributed by atoms with Gasteiger partial charge >= 0.3 is 5.76 Å². The molecule has 2 fully saturated rings. The van der Waals surface area contributed by atoms with Crippen molar-refractivity contribution in [3.05, 3.63) is 34.8 Å². The first-order chi connectivity index (χ1) is 13.6. The minimum absolute atomic E-state index is 0.242. The molecule has 2 aliphatic heterocycles. The minimum atomic E-state index is -0.242. The van der Waals surface area contributed by atoms with Gasteiger partial charge in [-0.3, -0.25) is 9.47 Å². The molecule has 0 spiro atoms. The second-order valence-corrected chi connectivity index (χ2v) is 8.60. The van der Waals surface area contributed by atoms with Crippen LogP contribution >= 0.6 is 0 Å². The molecule has 0 aliphatic carbocycles. The molecule has 0 N–H and O–H groups in total. The molecule has 3 heterocycles. The van der Waals surface area contributed by atoms with Crippen LogP contribution in [0.3, 0.4) is 0 Å². The molecule has 2 aliphatic rings. The topological polar surface area (TPSA) is 50.9 Å². The van der Waals surface area contributed by atoms with Gasteiger partial charge in [0.15, 0.2) is 5.58 Å². The Kier molecular flexibility index (Phi) is 6.19. The van der Waals surface area contributed by atoms with Crippen LogP contribution in [0.15, 0.2) is 33.5 Å². The van der Waals surface area contributed by atoms with E-state index in [1.54, 1.807) is 4.57 Å². The third-order valence-electron chi connectivity index (χ3n) is 6.15. The SMILES string of the molecule is C[C@H]1CN(CC2CCN(CCCn3c(=O)oc4ccccc43)CC2)C[C@H](C)O1. The van der Waals surface area contributed by atoms with Crippen molar-refractivity contribution in [2.75, 3.05) is 39.3 Å². The molecule has 28 heavy (non-hydrogen) atoms. The summed E-state index contributed by atoms with van der Waals surface area (Å²) in [6.07, 6.45) is 4.23. The van der Waals surface area contributed by atoms with Gasteiger partial charge in [-0.1, -0.05) is 12.1 Å². The summed E-state index contributed by atoms with van der Waals surface area (Å²) in [5.41, 5.74) is 1.58. The predicted octanol–water partition coefficient (Wildman–Crippen LogP) is 2.81. The van der Waals surface area contributed by atoms with Crippen molar-refractivity contribution in [2.24, 2.45) is 5.92 Å². The van der Waals surface area contributed by atoms with E-state index < -0.39 is 0 Å². The summed E-state index contributed by atoms with van der Waals surface area (Å²) >= 11 is 0. The van der Waals surface area contributed by atoms with Gasteiger partial charge in [0, 0.05) is 26.2 Å². The van der Waals surface area contributed by atoms with E-state index in [9.17, 15) is 4.79 Å². The molecule has 0 unspecified atom stereocenters. The lowest BCUT2D eigenvalue weighted by Gasteiger charge is -2.39. The second-order valence-electron chi connectivity index (χ2n) is 8.60. The maximum Gasteiger partial charge on any atom is 0.419 e. The number of hydrogen-bond donors (Lipinski definition) is 0. The summed E-state index contributed by atoms with van der Waals surface area (Å²) in [7, 11) is 0. The van der Waals surface area contributed by atoms with Crippen LogP contribution in [0.4, 0.5) is 0 Å². The number of para-hydroxylation sites is 2. The minimum Gasteiger partial charge on any atom is -0.408 e. The molecule has 2 atom stereocenters. The van der Waals surface area contributed by atoms with E-state index in [1.165, 1.54) is 32.5 Å². The van der Waals surface area contributed by atoms with Crippen molar-refractivity contribution < 1.29 is 9.15 Å². The third-order valence-corrected chi connectivity index (χ3v) is 6.15. The molecule has 0 radical (unpaired) electrons. The van der Waals surface area contributed by atoms with Gasteiger partial charge in [0.25, 0.3) is 0 Å². The molecule has 154 valence electrons. The molecule has 1 aromatic heterocycles. The number of hydrogen-bond acceptors (Lipinski definition) is 5. The Morgan fingerprint density at radius 2 is 1.71 bits per heavy atom. The van der Waals surface area contributed by atoms with Crippen LogP contribution in [0.5, 0.6) is 0 Å². The first-order valence-corrected chi connectivity index (χ1v) is 10.8. The van der Waals surface area contributed by atoms with E-state index >= 15 is 0 Å². The van der Waals surface area contributed by atoms with Crippen LogP contribution in [0.25, 0.3) is 11.1 Å². The summed E-state index contributed by atoms with van der Waals surface area (Å²) in [4.78, 5) is 17.2. The summed E-state index contributed by atoms with van der Waals surface area (Å²) in [5, 5.41) is 0. The highest BCUT2D eigenvalue weighted by atomic mass is 16.5. The van der Waals surface area contributed by atoms with Crippen molar-refractivity contribution in [3.63, 3.8) is 0 Å². The van der Waals surface area contributed by atoms with Crippen LogP contribution in [-0.2, 0) is 11.3 Å². The van der Waals surface area contributed by atoms with Crippen LogP contribution in [0.1, 0.15) is 33.1 Å². The molecular weight excluding hydrogens is 354 g/mol. The highest BCUT2D eigenvalue weighted by Crippen LogP contribution is 2.21. The van der Waals surface area contributed by atoms with Crippen molar-refractivity contribution in [3.8, 4) is 0 Å². The van der Waals surface area contributed by atoms with Gasteiger partial charge < -0.3 is 14.1 Å². The van der Waals surface area contributed by atoms with Crippen LogP contribution in [0.2, 0.25) is 0 Å². The fourth-order valence-corrected chi connectivity index (χ4v) is 4.87. The molecule has 6 heteroatoms. The smallest absolute Gasteiger partial charge is 0.408 e. The molecule has 2 saturated heterocycles. The number of morpholine rings is 1. The Morgan fingerprint density at radius 3 is 2.46 bits per heavy atom. The molecule has 4 rings (SSSR count). The lowest BCUT2D eigenvalue weighted by molar-refractivity contribution is -0.0731. The number of aromatic nitrogens is 1. The predicted molar refractivity (Wildman–Crippen MR) is 111 cm³/mol. The zero-order chi connectivity index (χ0) is 19.5. The van der Waals surface area contributed by atoms with Crippen LogP contribution in [-0.4, -0.2) is 65.8 Å².